The van der Waals surface area contributed by atoms with Crippen LogP contribution in [0.15, 0.2) is 18.2 Å². The lowest BCUT2D eigenvalue weighted by atomic mass is 10.1. The van der Waals surface area contributed by atoms with Crippen molar-refractivity contribution < 1.29 is 19.1 Å². The Balaban J connectivity index is 2.11. The van der Waals surface area contributed by atoms with Crippen molar-refractivity contribution in [3.8, 4) is 5.75 Å². The highest BCUT2D eigenvalue weighted by atomic mass is 16.6. The average molecular weight is 335 g/mol. The van der Waals surface area contributed by atoms with Gasteiger partial charge in [-0.2, -0.15) is 0 Å². The van der Waals surface area contributed by atoms with Crippen LogP contribution in [0.4, 0.5) is 0 Å². The number of ether oxygens (including phenoxy) is 2. The number of nitrogens with one attached hydrogen (secondary N) is 1. The number of carbonyl (C=O) groups is 2. The first-order valence-corrected chi connectivity index (χ1v) is 8.65. The minimum absolute atomic E-state index is 0.00814. The molecular weight excluding hydrogens is 306 g/mol. The van der Waals surface area contributed by atoms with E-state index in [0.717, 1.165) is 36.8 Å². The van der Waals surface area contributed by atoms with Gasteiger partial charge in [-0.25, -0.2) is 4.79 Å². The number of carbonyl (C=O) groups excluding carboxylic acids is 2. The molecule has 0 radical (unpaired) electrons. The zero-order valence-corrected chi connectivity index (χ0v) is 15.0. The standard InChI is InChI=1S/C19H29NO4/c1-4-5-6-7-8-18(21)20-11-12-23-19(22)14-24-17-13-15(2)9-10-16(17)3/h9-10,13H,4-8,11-12,14H2,1-3H3,(H,20,21). The second-order valence-corrected chi connectivity index (χ2v) is 5.94. The van der Waals surface area contributed by atoms with Crippen LogP contribution in [0.3, 0.4) is 0 Å². The molecule has 134 valence electrons. The average Bonchev–Trinajstić information content (AvgIpc) is 2.56. The molecule has 1 aromatic rings. The topological polar surface area (TPSA) is 64.6 Å². The van der Waals surface area contributed by atoms with Crippen LogP contribution in [0.2, 0.25) is 0 Å². The molecule has 5 nitrogen and oxygen atoms in total. The Hall–Kier alpha value is -2.04. The molecule has 0 saturated heterocycles. The maximum absolute atomic E-state index is 11.6. The third-order valence-electron chi connectivity index (χ3n) is 3.63. The smallest absolute Gasteiger partial charge is 0.344 e. The molecule has 1 aromatic carbocycles. The van der Waals surface area contributed by atoms with Crippen molar-refractivity contribution >= 4 is 11.9 Å². The molecular formula is C19H29NO4. The van der Waals surface area contributed by atoms with Gasteiger partial charge in [-0.15, -0.1) is 0 Å². The maximum atomic E-state index is 11.6. The first-order valence-electron chi connectivity index (χ1n) is 8.65. The molecule has 0 aliphatic heterocycles. The van der Waals surface area contributed by atoms with E-state index in [1.165, 1.54) is 0 Å². The minimum atomic E-state index is -0.437. The summed E-state index contributed by atoms with van der Waals surface area (Å²) in [7, 11) is 0. The molecule has 1 amide bonds. The Morgan fingerprint density at radius 1 is 1.12 bits per heavy atom. The molecule has 0 unspecified atom stereocenters. The molecule has 0 bridgehead atoms. The van der Waals surface area contributed by atoms with Crippen molar-refractivity contribution in [1.29, 1.82) is 0 Å². The van der Waals surface area contributed by atoms with Gasteiger partial charge in [0.05, 0.1) is 6.54 Å². The number of hydrogen-bond donors (Lipinski definition) is 1. The Morgan fingerprint density at radius 3 is 2.67 bits per heavy atom. The van der Waals surface area contributed by atoms with E-state index in [4.69, 9.17) is 9.47 Å². The van der Waals surface area contributed by atoms with E-state index in [1.54, 1.807) is 0 Å². The normalized spacial score (nSPS) is 10.3. The molecule has 0 saturated carbocycles. The van der Waals surface area contributed by atoms with Gasteiger partial charge in [0.2, 0.25) is 5.91 Å². The molecule has 1 N–H and O–H groups in total. The number of unbranched alkanes of at least 4 members (excludes halogenated alkanes) is 3. The number of hydrogen-bond acceptors (Lipinski definition) is 4. The van der Waals surface area contributed by atoms with E-state index < -0.39 is 5.97 Å². The predicted molar refractivity (Wildman–Crippen MR) is 94.1 cm³/mol. The Bertz CT molecular complexity index is 528. The van der Waals surface area contributed by atoms with Gasteiger partial charge in [0.25, 0.3) is 0 Å². The second-order valence-electron chi connectivity index (χ2n) is 5.94. The zero-order chi connectivity index (χ0) is 17.8. The molecule has 24 heavy (non-hydrogen) atoms. The number of rotatable bonds is 11. The third-order valence-corrected chi connectivity index (χ3v) is 3.63. The van der Waals surface area contributed by atoms with Gasteiger partial charge in [0.1, 0.15) is 12.4 Å². The molecule has 5 heteroatoms. The van der Waals surface area contributed by atoms with Crippen LogP contribution >= 0.6 is 0 Å². The second kappa shape index (κ2) is 11.5. The zero-order valence-electron chi connectivity index (χ0n) is 15.0. The number of esters is 1. The first-order chi connectivity index (χ1) is 11.5. The van der Waals surface area contributed by atoms with Gasteiger partial charge in [-0.05, 0) is 37.5 Å². The maximum Gasteiger partial charge on any atom is 0.344 e. The Labute approximate surface area is 144 Å². The van der Waals surface area contributed by atoms with Crippen molar-refractivity contribution in [1.82, 2.24) is 5.32 Å². The fourth-order valence-electron chi connectivity index (χ4n) is 2.20. The van der Waals surface area contributed by atoms with Gasteiger partial charge in [-0.3, -0.25) is 4.79 Å². The van der Waals surface area contributed by atoms with Crippen molar-refractivity contribution in [2.24, 2.45) is 0 Å². The largest absolute Gasteiger partial charge is 0.482 e. The predicted octanol–water partition coefficient (Wildman–Crippen LogP) is 3.31. The molecule has 0 aromatic heterocycles. The summed E-state index contributed by atoms with van der Waals surface area (Å²) in [4.78, 5) is 23.2. The van der Waals surface area contributed by atoms with Crippen molar-refractivity contribution in [3.63, 3.8) is 0 Å². The first kappa shape index (κ1) is 20.0. The van der Waals surface area contributed by atoms with E-state index >= 15 is 0 Å². The summed E-state index contributed by atoms with van der Waals surface area (Å²) >= 11 is 0. The Morgan fingerprint density at radius 2 is 1.92 bits per heavy atom. The highest BCUT2D eigenvalue weighted by Crippen LogP contribution is 2.18. The summed E-state index contributed by atoms with van der Waals surface area (Å²) in [6.45, 7) is 6.40. The number of amides is 1. The molecule has 0 heterocycles. The van der Waals surface area contributed by atoms with E-state index in [0.29, 0.717) is 18.7 Å². The molecule has 0 aliphatic rings. The molecule has 0 fully saturated rings. The van der Waals surface area contributed by atoms with Gasteiger partial charge in [0.15, 0.2) is 6.61 Å². The summed E-state index contributed by atoms with van der Waals surface area (Å²) in [6, 6.07) is 5.83. The third kappa shape index (κ3) is 8.56. The van der Waals surface area contributed by atoms with Crippen LogP contribution in [0.5, 0.6) is 5.75 Å². The molecule has 0 atom stereocenters. The number of benzene rings is 1. The van der Waals surface area contributed by atoms with Crippen LogP contribution in [-0.4, -0.2) is 31.6 Å². The molecule has 0 aliphatic carbocycles. The summed E-state index contributed by atoms with van der Waals surface area (Å²) in [5, 5.41) is 2.75. The van der Waals surface area contributed by atoms with Crippen LogP contribution in [-0.2, 0) is 14.3 Å². The fraction of sp³-hybridized carbons (Fsp3) is 0.579. The van der Waals surface area contributed by atoms with Crippen LogP contribution in [0.25, 0.3) is 0 Å². The van der Waals surface area contributed by atoms with Crippen molar-refractivity contribution in [2.75, 3.05) is 19.8 Å². The quantitative estimate of drug-likeness (QED) is 0.498. The monoisotopic (exact) mass is 335 g/mol. The Kier molecular flexibility index (Phi) is 9.58. The van der Waals surface area contributed by atoms with E-state index in [2.05, 4.69) is 12.2 Å². The van der Waals surface area contributed by atoms with Crippen LogP contribution in [0, 0.1) is 13.8 Å². The fourth-order valence-corrected chi connectivity index (χ4v) is 2.20. The summed E-state index contributed by atoms with van der Waals surface area (Å²) in [5.41, 5.74) is 2.05. The highest BCUT2D eigenvalue weighted by molar-refractivity contribution is 5.75. The van der Waals surface area contributed by atoms with Gasteiger partial charge in [-0.1, -0.05) is 38.3 Å². The lowest BCUT2D eigenvalue weighted by Crippen LogP contribution is -2.28. The summed E-state index contributed by atoms with van der Waals surface area (Å²) < 4.78 is 10.5. The summed E-state index contributed by atoms with van der Waals surface area (Å²) in [5.74, 6) is 0.259. The van der Waals surface area contributed by atoms with Gasteiger partial charge < -0.3 is 14.8 Å². The lowest BCUT2D eigenvalue weighted by Gasteiger charge is -2.10. The van der Waals surface area contributed by atoms with Crippen molar-refractivity contribution in [2.45, 2.75) is 52.9 Å². The number of aryl methyl sites for hydroxylation is 2. The van der Waals surface area contributed by atoms with Crippen LogP contribution < -0.4 is 10.1 Å². The minimum Gasteiger partial charge on any atom is -0.482 e. The summed E-state index contributed by atoms with van der Waals surface area (Å²) in [6.07, 6.45) is 4.83. The lowest BCUT2D eigenvalue weighted by molar-refractivity contribution is -0.146. The SMILES string of the molecule is CCCCCCC(=O)NCCOC(=O)COc1cc(C)ccc1C. The van der Waals surface area contributed by atoms with E-state index in [9.17, 15) is 9.59 Å². The van der Waals surface area contributed by atoms with E-state index in [-0.39, 0.29) is 19.1 Å². The molecule has 0 spiro atoms. The van der Waals surface area contributed by atoms with Crippen molar-refractivity contribution in [3.05, 3.63) is 29.3 Å². The molecule has 1 rings (SSSR count). The highest BCUT2D eigenvalue weighted by Gasteiger charge is 2.07. The van der Waals surface area contributed by atoms with Gasteiger partial charge in [0, 0.05) is 6.42 Å². The van der Waals surface area contributed by atoms with Crippen LogP contribution in [0.1, 0.15) is 50.2 Å². The van der Waals surface area contributed by atoms with Gasteiger partial charge >= 0.3 is 5.97 Å². The van der Waals surface area contributed by atoms with E-state index in [1.807, 2.05) is 32.0 Å².